The molecule has 1 saturated heterocycles. The molecule has 0 amide bonds. The second kappa shape index (κ2) is 11.8. The highest BCUT2D eigenvalue weighted by Crippen LogP contribution is 2.51. The molecule has 0 saturated carbocycles. The molecule has 1 aliphatic carbocycles. The maximum Gasteiger partial charge on any atom is 0.181 e. The Morgan fingerprint density at radius 3 is 2.76 bits per heavy atom. The summed E-state index contributed by atoms with van der Waals surface area (Å²) in [5, 5.41) is 11.9. The fourth-order valence-corrected chi connectivity index (χ4v) is 10.9. The first-order valence-electron chi connectivity index (χ1n) is 16.2. The minimum atomic E-state index is -3.62. The van der Waals surface area contributed by atoms with Gasteiger partial charge in [-0.3, -0.25) is 15.1 Å². The maximum absolute atomic E-state index is 14.1. The SMILES string of the molecule is CC(C)[C@@H]1CS(=O)(=O)c2c1nc(CCC1CCOCC1)c(-c1ncn[nH]1)c2-c1cc2ccnc(N[C@H]3CCc4ncccc43)c2s1. The molecule has 1 fully saturated rings. The van der Waals surface area contributed by atoms with Gasteiger partial charge in [0.1, 0.15) is 12.1 Å². The van der Waals surface area contributed by atoms with Crippen LogP contribution in [0.1, 0.15) is 74.1 Å². The summed E-state index contributed by atoms with van der Waals surface area (Å²) in [7, 11) is -3.62. The zero-order valence-corrected chi connectivity index (χ0v) is 27.6. The van der Waals surface area contributed by atoms with Crippen molar-refractivity contribution in [2.75, 3.05) is 24.3 Å². The van der Waals surface area contributed by atoms with E-state index in [1.807, 2.05) is 24.5 Å². The van der Waals surface area contributed by atoms with E-state index in [2.05, 4.69) is 51.5 Å². The first-order chi connectivity index (χ1) is 22.4. The summed E-state index contributed by atoms with van der Waals surface area (Å²) in [5.41, 5.74) is 5.33. The summed E-state index contributed by atoms with van der Waals surface area (Å²) in [4.78, 5) is 20.3. The van der Waals surface area contributed by atoms with E-state index in [0.717, 1.165) is 89.5 Å². The summed E-state index contributed by atoms with van der Waals surface area (Å²) < 4.78 is 34.8. The monoisotopic (exact) mass is 655 g/mol. The topological polar surface area (TPSA) is 136 Å². The molecule has 0 radical (unpaired) electrons. The number of aryl methyl sites for hydroxylation is 2. The van der Waals surface area contributed by atoms with E-state index < -0.39 is 9.84 Å². The highest BCUT2D eigenvalue weighted by atomic mass is 32.2. The summed E-state index contributed by atoms with van der Waals surface area (Å²) >= 11 is 1.57. The van der Waals surface area contributed by atoms with E-state index in [1.165, 1.54) is 11.9 Å². The van der Waals surface area contributed by atoms with Gasteiger partial charge in [-0.05, 0) is 79.5 Å². The largest absolute Gasteiger partial charge is 0.381 e. The van der Waals surface area contributed by atoms with Crippen molar-refractivity contribution in [1.82, 2.24) is 30.1 Å². The zero-order chi connectivity index (χ0) is 31.4. The Morgan fingerprint density at radius 1 is 1.09 bits per heavy atom. The standard InChI is InChI=1S/C34H37N7O3S2/c1-19(2)23-17-46(42,43)32-29(28(33-37-18-38-41-33)26(39-30(23)32)6-5-20-10-14-44-15-11-20)27-16-21-9-13-36-34(31(21)45-27)40-25-8-7-24-22(25)4-3-12-35-24/h3-4,9,12-13,16,18-20,23,25H,5-8,10-11,14-15,17H2,1-2H3,(H,36,40)(H,37,38,41)/t23-,25-/m0/s1. The van der Waals surface area contributed by atoms with Gasteiger partial charge in [-0.2, -0.15) is 5.10 Å². The van der Waals surface area contributed by atoms with Crippen LogP contribution in [0.15, 0.2) is 47.9 Å². The molecule has 0 bridgehead atoms. The van der Waals surface area contributed by atoms with Crippen LogP contribution in [-0.2, 0) is 27.4 Å². The third kappa shape index (κ3) is 5.20. The molecule has 0 spiro atoms. The molecule has 2 N–H and O–H groups in total. The Balaban J connectivity index is 1.30. The number of H-pyrrole nitrogens is 1. The number of hydrogen-bond acceptors (Lipinski definition) is 10. The number of hydrogen-bond donors (Lipinski definition) is 2. The molecule has 0 aromatic carbocycles. The van der Waals surface area contributed by atoms with Gasteiger partial charge in [0.25, 0.3) is 0 Å². The van der Waals surface area contributed by atoms with Crippen LogP contribution in [0, 0.1) is 11.8 Å². The number of anilines is 1. The molecular weight excluding hydrogens is 619 g/mol. The number of fused-ring (bicyclic) bond motifs is 3. The predicted octanol–water partition coefficient (Wildman–Crippen LogP) is 6.52. The Labute approximate surface area is 272 Å². The maximum atomic E-state index is 14.1. The van der Waals surface area contributed by atoms with Crippen molar-refractivity contribution >= 4 is 37.1 Å². The molecule has 0 unspecified atom stereocenters. The van der Waals surface area contributed by atoms with Crippen LogP contribution in [0.25, 0.3) is 31.9 Å². The lowest BCUT2D eigenvalue weighted by molar-refractivity contribution is 0.0639. The fraction of sp³-hybridized carbons (Fsp3) is 0.441. The minimum absolute atomic E-state index is 0.0631. The number of thiophene rings is 1. The number of aromatic amines is 1. The van der Waals surface area contributed by atoms with Crippen molar-refractivity contribution in [3.05, 3.63) is 65.6 Å². The second-order valence-corrected chi connectivity index (χ2v) is 16.1. The summed E-state index contributed by atoms with van der Waals surface area (Å²) in [6.45, 7) is 5.74. The molecule has 12 heteroatoms. The van der Waals surface area contributed by atoms with Gasteiger partial charge in [0.2, 0.25) is 0 Å². The quantitative estimate of drug-likeness (QED) is 0.191. The van der Waals surface area contributed by atoms with Crippen molar-refractivity contribution in [2.24, 2.45) is 11.8 Å². The van der Waals surface area contributed by atoms with Crippen LogP contribution < -0.4 is 5.32 Å². The third-order valence-corrected chi connectivity index (χ3v) is 12.9. The molecule has 7 heterocycles. The number of ether oxygens (including phenoxy) is 1. The first kappa shape index (κ1) is 29.6. The highest BCUT2D eigenvalue weighted by molar-refractivity contribution is 7.92. The zero-order valence-electron chi connectivity index (χ0n) is 26.0. The average Bonchev–Trinajstić information content (AvgIpc) is 3.86. The normalized spacial score (nSPS) is 20.8. The summed E-state index contributed by atoms with van der Waals surface area (Å²) in [6.07, 6.45) is 10.7. The van der Waals surface area contributed by atoms with Crippen LogP contribution in [0.5, 0.6) is 0 Å². The average molecular weight is 656 g/mol. The molecule has 8 rings (SSSR count). The third-order valence-electron chi connectivity index (χ3n) is 9.86. The van der Waals surface area contributed by atoms with Crippen LogP contribution in [-0.4, -0.2) is 57.5 Å². The van der Waals surface area contributed by atoms with Crippen LogP contribution >= 0.6 is 11.3 Å². The molecule has 10 nitrogen and oxygen atoms in total. The lowest BCUT2D eigenvalue weighted by atomic mass is 9.89. The van der Waals surface area contributed by atoms with Gasteiger partial charge < -0.3 is 10.1 Å². The fourth-order valence-electron chi connectivity index (χ4n) is 7.40. The summed E-state index contributed by atoms with van der Waals surface area (Å²) in [6, 6.07) is 8.33. The van der Waals surface area contributed by atoms with Gasteiger partial charge in [-0.25, -0.2) is 18.4 Å². The molecule has 2 atom stereocenters. The highest BCUT2D eigenvalue weighted by Gasteiger charge is 2.43. The second-order valence-electron chi connectivity index (χ2n) is 13.0. The molecule has 2 aliphatic heterocycles. The molecule has 3 aliphatic rings. The number of pyridine rings is 3. The summed E-state index contributed by atoms with van der Waals surface area (Å²) in [5.74, 6) is 1.90. The number of nitrogens with zero attached hydrogens (tertiary/aromatic N) is 5. The van der Waals surface area contributed by atoms with Crippen molar-refractivity contribution in [2.45, 2.75) is 69.2 Å². The Kier molecular flexibility index (Phi) is 7.61. The van der Waals surface area contributed by atoms with Gasteiger partial charge >= 0.3 is 0 Å². The number of rotatable bonds is 8. The molecular formula is C34H37N7O3S2. The van der Waals surface area contributed by atoms with Gasteiger partial charge in [0.05, 0.1) is 38.3 Å². The van der Waals surface area contributed by atoms with E-state index in [-0.39, 0.29) is 23.6 Å². The minimum Gasteiger partial charge on any atom is -0.381 e. The lowest BCUT2D eigenvalue weighted by Crippen LogP contribution is -2.17. The van der Waals surface area contributed by atoms with Gasteiger partial charge in [0.15, 0.2) is 15.7 Å². The van der Waals surface area contributed by atoms with Crippen molar-refractivity contribution in [3.8, 4) is 21.8 Å². The van der Waals surface area contributed by atoms with E-state index in [9.17, 15) is 8.42 Å². The molecule has 5 aromatic rings. The van der Waals surface area contributed by atoms with Gasteiger partial charge in [-0.15, -0.1) is 11.3 Å². The Bertz CT molecular complexity index is 2020. The van der Waals surface area contributed by atoms with E-state index >= 15 is 0 Å². The first-order valence-corrected chi connectivity index (χ1v) is 18.7. The Hall–Kier alpha value is -3.74. The van der Waals surface area contributed by atoms with E-state index in [0.29, 0.717) is 27.9 Å². The predicted molar refractivity (Wildman–Crippen MR) is 179 cm³/mol. The van der Waals surface area contributed by atoms with Crippen LogP contribution in [0.3, 0.4) is 0 Å². The molecule has 238 valence electrons. The van der Waals surface area contributed by atoms with Gasteiger partial charge in [0, 0.05) is 47.7 Å². The molecule has 46 heavy (non-hydrogen) atoms. The molecule has 5 aromatic heterocycles. The number of aromatic nitrogens is 6. The van der Waals surface area contributed by atoms with Gasteiger partial charge in [-0.1, -0.05) is 19.9 Å². The van der Waals surface area contributed by atoms with Crippen molar-refractivity contribution < 1.29 is 13.2 Å². The smallest absolute Gasteiger partial charge is 0.181 e. The van der Waals surface area contributed by atoms with Crippen LogP contribution in [0.4, 0.5) is 5.82 Å². The Morgan fingerprint density at radius 2 is 1.96 bits per heavy atom. The van der Waals surface area contributed by atoms with Crippen LogP contribution in [0.2, 0.25) is 0 Å². The van der Waals surface area contributed by atoms with E-state index in [4.69, 9.17) is 14.7 Å². The lowest BCUT2D eigenvalue weighted by Gasteiger charge is -2.23. The number of sulfone groups is 1. The van der Waals surface area contributed by atoms with Crippen molar-refractivity contribution in [1.29, 1.82) is 0 Å². The van der Waals surface area contributed by atoms with Crippen molar-refractivity contribution in [3.63, 3.8) is 0 Å². The van der Waals surface area contributed by atoms with E-state index in [1.54, 1.807) is 11.3 Å². The number of nitrogens with one attached hydrogen (secondary N) is 2.